The molecular weight excluding hydrogens is 480 g/mol. The number of aromatic amines is 1. The smallest absolute Gasteiger partial charge is 0.337 e. The third-order valence-electron chi connectivity index (χ3n) is 5.88. The highest BCUT2D eigenvalue weighted by atomic mass is 16.5. The minimum Gasteiger partial charge on any atom is -0.497 e. The second kappa shape index (κ2) is 9.90. The Morgan fingerprint density at radius 2 is 1.68 bits per heavy atom. The lowest BCUT2D eigenvalue weighted by Crippen LogP contribution is -2.34. The fraction of sp³-hybridized carbons (Fsp3) is 0.154. The number of rotatable bonds is 6. The lowest BCUT2D eigenvalue weighted by molar-refractivity contribution is -0.110. The van der Waals surface area contributed by atoms with E-state index in [0.29, 0.717) is 51.0 Å². The van der Waals surface area contributed by atoms with Gasteiger partial charge >= 0.3 is 12.0 Å². The van der Waals surface area contributed by atoms with Gasteiger partial charge in [0, 0.05) is 34.3 Å². The van der Waals surface area contributed by atoms with Gasteiger partial charge in [-0.05, 0) is 49.8 Å². The maximum atomic E-state index is 12.6. The van der Waals surface area contributed by atoms with Crippen LogP contribution >= 0.6 is 0 Å². The summed E-state index contributed by atoms with van der Waals surface area (Å²) < 4.78 is 10.3. The average molecular weight is 504 g/mol. The van der Waals surface area contributed by atoms with E-state index >= 15 is 0 Å². The zero-order valence-corrected chi connectivity index (χ0v) is 20.4. The van der Waals surface area contributed by atoms with E-state index in [0.717, 1.165) is 0 Å². The number of carboxylic acids is 1. The van der Waals surface area contributed by atoms with Crippen molar-refractivity contribution in [2.45, 2.75) is 13.8 Å². The molecule has 0 aliphatic carbocycles. The van der Waals surface area contributed by atoms with Gasteiger partial charge in [-0.1, -0.05) is 6.07 Å². The maximum absolute atomic E-state index is 12.6. The van der Waals surface area contributed by atoms with E-state index in [1.165, 1.54) is 26.4 Å². The van der Waals surface area contributed by atoms with Crippen molar-refractivity contribution in [3.63, 3.8) is 0 Å². The molecule has 5 N–H and O–H groups in total. The minimum absolute atomic E-state index is 0.165. The Balaban J connectivity index is 1.51. The van der Waals surface area contributed by atoms with Crippen LogP contribution in [0.2, 0.25) is 0 Å². The Morgan fingerprint density at radius 3 is 2.27 bits per heavy atom. The first kappa shape index (κ1) is 25.0. The molecule has 0 fully saturated rings. The quantitative estimate of drug-likeness (QED) is 0.319. The summed E-state index contributed by atoms with van der Waals surface area (Å²) in [6, 6.07) is 8.55. The molecule has 0 spiro atoms. The van der Waals surface area contributed by atoms with Gasteiger partial charge in [0.05, 0.1) is 31.0 Å². The number of anilines is 2. The van der Waals surface area contributed by atoms with E-state index in [1.54, 1.807) is 44.2 Å². The number of methoxy groups -OCH3 is 2. The lowest BCUT2D eigenvalue weighted by Gasteiger charge is -2.10. The van der Waals surface area contributed by atoms with Crippen molar-refractivity contribution in [3.8, 4) is 11.5 Å². The molecule has 37 heavy (non-hydrogen) atoms. The van der Waals surface area contributed by atoms with Crippen LogP contribution in [0, 0.1) is 13.8 Å². The number of carbonyl (C=O) groups is 4. The molecule has 2 heterocycles. The number of benzene rings is 2. The van der Waals surface area contributed by atoms with E-state index in [-0.39, 0.29) is 17.0 Å². The van der Waals surface area contributed by atoms with Crippen LogP contribution in [-0.2, 0) is 4.79 Å². The normalized spacial score (nSPS) is 13.1. The minimum atomic E-state index is -1.05. The topological polar surface area (TPSA) is 159 Å². The number of aromatic carboxylic acids is 1. The number of hydrogen-bond acceptors (Lipinski definition) is 6. The molecule has 4 amide bonds. The number of carbonyl (C=O) groups excluding carboxylic acids is 3. The zero-order chi connectivity index (χ0) is 26.9. The van der Waals surface area contributed by atoms with Gasteiger partial charge in [-0.15, -0.1) is 0 Å². The first-order valence-corrected chi connectivity index (χ1v) is 11.1. The lowest BCUT2D eigenvalue weighted by atomic mass is 10.0. The number of aryl methyl sites for hydroxylation is 1. The number of carboxylic acid groups (broad SMARTS) is 1. The van der Waals surface area contributed by atoms with Crippen molar-refractivity contribution in [1.29, 1.82) is 0 Å². The number of imide groups is 1. The molecule has 0 bridgehead atoms. The van der Waals surface area contributed by atoms with E-state index < -0.39 is 17.9 Å². The summed E-state index contributed by atoms with van der Waals surface area (Å²) in [5.41, 5.74) is 3.58. The second-order valence-electron chi connectivity index (χ2n) is 8.25. The second-order valence-corrected chi connectivity index (χ2v) is 8.25. The van der Waals surface area contributed by atoms with E-state index in [1.807, 2.05) is 0 Å². The van der Waals surface area contributed by atoms with Crippen molar-refractivity contribution in [2.24, 2.45) is 0 Å². The number of aromatic nitrogens is 1. The van der Waals surface area contributed by atoms with Crippen LogP contribution in [0.3, 0.4) is 0 Å². The Labute approximate surface area is 211 Å². The van der Waals surface area contributed by atoms with Gasteiger partial charge in [0.15, 0.2) is 0 Å². The summed E-state index contributed by atoms with van der Waals surface area (Å²) in [4.78, 5) is 52.1. The number of amides is 4. The summed E-state index contributed by atoms with van der Waals surface area (Å²) in [5.74, 6) is -1.29. The van der Waals surface area contributed by atoms with Crippen LogP contribution in [0.4, 0.5) is 16.2 Å². The molecule has 0 atom stereocenters. The van der Waals surface area contributed by atoms with Gasteiger partial charge in [0.2, 0.25) is 0 Å². The van der Waals surface area contributed by atoms with Crippen molar-refractivity contribution in [1.82, 2.24) is 10.3 Å². The summed E-state index contributed by atoms with van der Waals surface area (Å²) in [7, 11) is 2.90. The average Bonchev–Trinajstić information content (AvgIpc) is 3.32. The van der Waals surface area contributed by atoms with Gasteiger partial charge in [-0.3, -0.25) is 14.9 Å². The highest BCUT2D eigenvalue weighted by Crippen LogP contribution is 2.35. The number of H-pyrrole nitrogens is 1. The SMILES string of the molecule is COc1cc(OC)cc(C(=O)NC(=O)Nc2ccc3c(c2)NC(=O)C3=Cc2[nH]c(C)c(C(=O)O)c2C)c1. The van der Waals surface area contributed by atoms with Crippen LogP contribution < -0.4 is 25.4 Å². The Morgan fingerprint density at radius 1 is 1.00 bits per heavy atom. The molecular formula is C26H24N4O7. The predicted molar refractivity (Wildman–Crippen MR) is 136 cm³/mol. The van der Waals surface area contributed by atoms with Gasteiger partial charge in [0.1, 0.15) is 11.5 Å². The van der Waals surface area contributed by atoms with Crippen LogP contribution in [0.15, 0.2) is 36.4 Å². The van der Waals surface area contributed by atoms with Crippen molar-refractivity contribution < 1.29 is 33.8 Å². The van der Waals surface area contributed by atoms with Gasteiger partial charge < -0.3 is 30.2 Å². The number of fused-ring (bicyclic) bond motifs is 1. The molecule has 1 aromatic heterocycles. The van der Waals surface area contributed by atoms with Crippen molar-refractivity contribution >= 4 is 46.8 Å². The summed E-state index contributed by atoms with van der Waals surface area (Å²) in [6.07, 6.45) is 1.59. The maximum Gasteiger partial charge on any atom is 0.337 e. The van der Waals surface area contributed by atoms with Crippen LogP contribution in [0.25, 0.3) is 11.6 Å². The highest BCUT2D eigenvalue weighted by Gasteiger charge is 2.26. The largest absolute Gasteiger partial charge is 0.497 e. The molecule has 0 saturated carbocycles. The Bertz CT molecular complexity index is 1460. The summed E-state index contributed by atoms with van der Waals surface area (Å²) in [5, 5.41) is 16.9. The third kappa shape index (κ3) is 5.01. The number of urea groups is 1. The first-order chi connectivity index (χ1) is 17.6. The van der Waals surface area contributed by atoms with Gasteiger partial charge in [-0.2, -0.15) is 0 Å². The molecule has 11 heteroatoms. The molecule has 0 saturated heterocycles. The van der Waals surface area contributed by atoms with Crippen LogP contribution in [-0.4, -0.2) is 48.1 Å². The number of hydrogen-bond donors (Lipinski definition) is 5. The molecule has 1 aliphatic heterocycles. The molecule has 1 aliphatic rings. The summed E-state index contributed by atoms with van der Waals surface area (Å²) in [6.45, 7) is 3.32. The molecule has 0 radical (unpaired) electrons. The molecule has 4 rings (SSSR count). The monoisotopic (exact) mass is 504 g/mol. The highest BCUT2D eigenvalue weighted by molar-refractivity contribution is 6.35. The first-order valence-electron chi connectivity index (χ1n) is 11.1. The molecule has 2 aromatic carbocycles. The Hall–Kier alpha value is -5.06. The van der Waals surface area contributed by atoms with Crippen molar-refractivity contribution in [2.75, 3.05) is 24.9 Å². The molecule has 0 unspecified atom stereocenters. The molecule has 11 nitrogen and oxygen atoms in total. The standard InChI is InChI=1S/C26H24N4O7/c1-12-20(27-13(2)22(12)25(33)34)11-19-18-6-5-15(9-21(18)29-24(19)32)28-26(35)30-23(31)14-7-16(36-3)10-17(8-14)37-4/h5-11,27H,1-4H3,(H,29,32)(H,33,34)(H2,28,30,31,35). The van der Waals surface area contributed by atoms with Crippen LogP contribution in [0.5, 0.6) is 11.5 Å². The third-order valence-corrected chi connectivity index (χ3v) is 5.88. The molecule has 3 aromatic rings. The van der Waals surface area contributed by atoms with Gasteiger partial charge in [0.25, 0.3) is 11.8 Å². The van der Waals surface area contributed by atoms with Crippen LogP contribution in [0.1, 0.15) is 43.2 Å². The number of ether oxygens (including phenoxy) is 2. The van der Waals surface area contributed by atoms with E-state index in [4.69, 9.17) is 9.47 Å². The number of nitrogens with one attached hydrogen (secondary N) is 4. The predicted octanol–water partition coefficient (Wildman–Crippen LogP) is 3.80. The van der Waals surface area contributed by atoms with Gasteiger partial charge in [-0.25, -0.2) is 9.59 Å². The van der Waals surface area contributed by atoms with E-state index in [9.17, 15) is 24.3 Å². The summed E-state index contributed by atoms with van der Waals surface area (Å²) >= 11 is 0. The molecule has 190 valence electrons. The van der Waals surface area contributed by atoms with Crippen molar-refractivity contribution in [3.05, 3.63) is 70.0 Å². The Kier molecular flexibility index (Phi) is 6.70. The zero-order valence-electron chi connectivity index (χ0n) is 20.4. The fourth-order valence-electron chi connectivity index (χ4n) is 4.08. The van der Waals surface area contributed by atoms with E-state index in [2.05, 4.69) is 20.9 Å². The fourth-order valence-corrected chi connectivity index (χ4v) is 4.08.